The Bertz CT molecular complexity index is 279. The molecule has 1 aromatic heterocycles. The molecule has 3 nitrogen and oxygen atoms in total. The number of nitrogens with two attached hydrogens (primary N) is 1. The highest BCUT2D eigenvalue weighted by Crippen LogP contribution is 2.31. The molecule has 0 amide bonds. The number of aliphatic hydroxyl groups is 1. The number of hydrogen-bond donors (Lipinski definition) is 2. The number of aliphatic hydroxyl groups excluding tert-OH is 1. The Morgan fingerprint density at radius 3 is 2.67 bits per heavy atom. The second-order valence-electron chi connectivity index (χ2n) is 3.56. The van der Waals surface area contributed by atoms with Crippen LogP contribution in [0.2, 0.25) is 0 Å². The van der Waals surface area contributed by atoms with Gasteiger partial charge in [-0.2, -0.15) is 0 Å². The molecule has 3 N–H and O–H groups in total. The van der Waals surface area contributed by atoms with Gasteiger partial charge in [0.15, 0.2) is 0 Å². The third-order valence-corrected chi connectivity index (χ3v) is 3.88. The van der Waals surface area contributed by atoms with E-state index in [0.29, 0.717) is 6.54 Å². The van der Waals surface area contributed by atoms with Gasteiger partial charge in [0.2, 0.25) is 0 Å². The molecule has 0 aliphatic rings. The van der Waals surface area contributed by atoms with E-state index in [9.17, 15) is 5.11 Å². The van der Waals surface area contributed by atoms with Gasteiger partial charge in [-0.05, 0) is 19.1 Å². The van der Waals surface area contributed by atoms with E-state index in [1.54, 1.807) is 24.9 Å². The third kappa shape index (κ3) is 3.81. The van der Waals surface area contributed by atoms with Gasteiger partial charge in [-0.15, -0.1) is 11.8 Å². The van der Waals surface area contributed by atoms with Gasteiger partial charge in [0.05, 0.1) is 17.0 Å². The average Bonchev–Trinajstić information content (AvgIpc) is 2.26. The fourth-order valence-electron chi connectivity index (χ4n) is 1.19. The zero-order valence-electron chi connectivity index (χ0n) is 9.13. The van der Waals surface area contributed by atoms with E-state index < -0.39 is 0 Å². The summed E-state index contributed by atoms with van der Waals surface area (Å²) in [6, 6.07) is 5.82. The van der Waals surface area contributed by atoms with Gasteiger partial charge in [-0.25, -0.2) is 0 Å². The van der Waals surface area contributed by atoms with Crippen LogP contribution in [0.5, 0.6) is 0 Å². The predicted molar refractivity (Wildman–Crippen MR) is 64.8 cm³/mol. The maximum atomic E-state index is 9.43. The van der Waals surface area contributed by atoms with Gasteiger partial charge in [0.25, 0.3) is 0 Å². The van der Waals surface area contributed by atoms with E-state index in [0.717, 1.165) is 5.69 Å². The summed E-state index contributed by atoms with van der Waals surface area (Å²) in [5.74, 6) is 0. The SMILES string of the molecule is CC(O)C(C)SC(CN)c1ccccn1. The summed E-state index contributed by atoms with van der Waals surface area (Å²) >= 11 is 1.67. The molecule has 0 spiro atoms. The highest BCUT2D eigenvalue weighted by molar-refractivity contribution is 8.00. The molecule has 0 aliphatic carbocycles. The van der Waals surface area contributed by atoms with Gasteiger partial charge in [0, 0.05) is 18.0 Å². The van der Waals surface area contributed by atoms with Crippen LogP contribution in [0.4, 0.5) is 0 Å². The van der Waals surface area contributed by atoms with Gasteiger partial charge < -0.3 is 10.8 Å². The van der Waals surface area contributed by atoms with Crippen molar-refractivity contribution in [2.45, 2.75) is 30.5 Å². The van der Waals surface area contributed by atoms with E-state index in [-0.39, 0.29) is 16.6 Å². The van der Waals surface area contributed by atoms with Crippen LogP contribution in [0.25, 0.3) is 0 Å². The number of aromatic nitrogens is 1. The minimum atomic E-state index is -0.326. The molecule has 3 unspecified atom stereocenters. The molecule has 1 aromatic rings. The average molecular weight is 226 g/mol. The van der Waals surface area contributed by atoms with Crippen molar-refractivity contribution in [3.63, 3.8) is 0 Å². The lowest BCUT2D eigenvalue weighted by atomic mass is 10.3. The van der Waals surface area contributed by atoms with Crippen molar-refractivity contribution >= 4 is 11.8 Å². The van der Waals surface area contributed by atoms with E-state index in [2.05, 4.69) is 4.98 Å². The molecular weight excluding hydrogens is 208 g/mol. The van der Waals surface area contributed by atoms with Crippen LogP contribution in [0.3, 0.4) is 0 Å². The lowest BCUT2D eigenvalue weighted by Gasteiger charge is -2.20. The van der Waals surface area contributed by atoms with Crippen LogP contribution in [0.15, 0.2) is 24.4 Å². The Morgan fingerprint density at radius 2 is 2.20 bits per heavy atom. The van der Waals surface area contributed by atoms with Crippen molar-refractivity contribution in [1.29, 1.82) is 0 Å². The van der Waals surface area contributed by atoms with Crippen molar-refractivity contribution in [1.82, 2.24) is 4.98 Å². The molecule has 15 heavy (non-hydrogen) atoms. The smallest absolute Gasteiger partial charge is 0.0628 e. The molecule has 0 saturated heterocycles. The quantitative estimate of drug-likeness (QED) is 0.800. The van der Waals surface area contributed by atoms with Gasteiger partial charge in [0.1, 0.15) is 0 Å². The molecule has 0 bridgehead atoms. The number of rotatable bonds is 5. The molecule has 4 heteroatoms. The largest absolute Gasteiger partial charge is 0.392 e. The minimum absolute atomic E-state index is 0.163. The zero-order chi connectivity index (χ0) is 11.3. The van der Waals surface area contributed by atoms with Crippen molar-refractivity contribution in [3.05, 3.63) is 30.1 Å². The maximum Gasteiger partial charge on any atom is 0.0628 e. The van der Waals surface area contributed by atoms with Crippen LogP contribution in [-0.4, -0.2) is 28.0 Å². The highest BCUT2D eigenvalue weighted by Gasteiger charge is 2.18. The van der Waals surface area contributed by atoms with Crippen LogP contribution < -0.4 is 5.73 Å². The standard InChI is InChI=1S/C11H18N2OS/c1-8(14)9(2)15-11(7-12)10-5-3-4-6-13-10/h3-6,8-9,11,14H,7,12H2,1-2H3. The number of thioether (sulfide) groups is 1. The van der Waals surface area contributed by atoms with Crippen LogP contribution in [0.1, 0.15) is 24.8 Å². The molecule has 0 saturated carbocycles. The summed E-state index contributed by atoms with van der Waals surface area (Å²) in [7, 11) is 0. The molecule has 1 rings (SSSR count). The fraction of sp³-hybridized carbons (Fsp3) is 0.545. The van der Waals surface area contributed by atoms with Crippen LogP contribution >= 0.6 is 11.8 Å². The number of pyridine rings is 1. The van der Waals surface area contributed by atoms with Crippen molar-refractivity contribution < 1.29 is 5.11 Å². The Labute approximate surface area is 95.1 Å². The fourth-order valence-corrected chi connectivity index (χ4v) is 2.32. The lowest BCUT2D eigenvalue weighted by molar-refractivity contribution is 0.196. The second-order valence-corrected chi connectivity index (χ2v) is 5.15. The first-order valence-electron chi connectivity index (χ1n) is 5.09. The summed E-state index contributed by atoms with van der Waals surface area (Å²) in [6.07, 6.45) is 1.44. The third-order valence-electron chi connectivity index (χ3n) is 2.29. The molecular formula is C11H18N2OS. The highest BCUT2D eigenvalue weighted by atomic mass is 32.2. The van der Waals surface area contributed by atoms with Crippen LogP contribution in [0, 0.1) is 0 Å². The molecule has 0 fully saturated rings. The maximum absolute atomic E-state index is 9.43. The van der Waals surface area contributed by atoms with Gasteiger partial charge in [-0.1, -0.05) is 13.0 Å². The molecule has 0 aromatic carbocycles. The predicted octanol–water partition coefficient (Wildman–Crippen LogP) is 1.58. The number of hydrogen-bond acceptors (Lipinski definition) is 4. The summed E-state index contributed by atoms with van der Waals surface area (Å²) in [4.78, 5) is 4.28. The Kier molecular flexibility index (Phi) is 5.08. The first-order valence-corrected chi connectivity index (χ1v) is 6.04. The summed E-state index contributed by atoms with van der Waals surface area (Å²) < 4.78 is 0. The first kappa shape index (κ1) is 12.5. The van der Waals surface area contributed by atoms with E-state index in [1.165, 1.54) is 0 Å². The molecule has 84 valence electrons. The van der Waals surface area contributed by atoms with E-state index in [1.807, 2.05) is 25.1 Å². The summed E-state index contributed by atoms with van der Waals surface area (Å²) in [6.45, 7) is 4.34. The Morgan fingerprint density at radius 1 is 1.47 bits per heavy atom. The topological polar surface area (TPSA) is 59.1 Å². The molecule has 0 aliphatic heterocycles. The molecule has 1 heterocycles. The molecule has 3 atom stereocenters. The van der Waals surface area contributed by atoms with E-state index in [4.69, 9.17) is 5.73 Å². The minimum Gasteiger partial charge on any atom is -0.392 e. The van der Waals surface area contributed by atoms with Gasteiger partial charge in [-0.3, -0.25) is 4.98 Å². The number of nitrogens with zero attached hydrogens (tertiary/aromatic N) is 1. The van der Waals surface area contributed by atoms with Crippen molar-refractivity contribution in [2.24, 2.45) is 5.73 Å². The normalized spacial score (nSPS) is 17.1. The lowest BCUT2D eigenvalue weighted by Crippen LogP contribution is -2.20. The Hall–Kier alpha value is -0.580. The summed E-state index contributed by atoms with van der Waals surface area (Å²) in [5, 5.41) is 9.76. The second kappa shape index (κ2) is 6.10. The Balaban J connectivity index is 2.65. The summed E-state index contributed by atoms with van der Waals surface area (Å²) in [5.41, 5.74) is 6.69. The van der Waals surface area contributed by atoms with E-state index >= 15 is 0 Å². The van der Waals surface area contributed by atoms with Crippen molar-refractivity contribution in [3.8, 4) is 0 Å². The molecule has 0 radical (unpaired) electrons. The monoisotopic (exact) mass is 226 g/mol. The van der Waals surface area contributed by atoms with Crippen LogP contribution in [-0.2, 0) is 0 Å². The van der Waals surface area contributed by atoms with Crippen molar-refractivity contribution in [2.75, 3.05) is 6.54 Å². The first-order chi connectivity index (χ1) is 7.15. The zero-order valence-corrected chi connectivity index (χ0v) is 9.95. The van der Waals surface area contributed by atoms with Gasteiger partial charge >= 0.3 is 0 Å².